The number of nitrogens with zero attached hydrogens (tertiary/aromatic N) is 1. The van der Waals surface area contributed by atoms with Gasteiger partial charge in [-0.05, 0) is 22.0 Å². The van der Waals surface area contributed by atoms with E-state index in [4.69, 9.17) is 10.5 Å². The van der Waals surface area contributed by atoms with E-state index >= 15 is 0 Å². The van der Waals surface area contributed by atoms with Crippen molar-refractivity contribution in [2.24, 2.45) is 5.73 Å². The maximum Gasteiger partial charge on any atom is 0.266 e. The van der Waals surface area contributed by atoms with E-state index in [1.807, 2.05) is 0 Å². The second-order valence-corrected chi connectivity index (χ2v) is 7.60. The lowest BCUT2D eigenvalue weighted by atomic mass is 10.2. The van der Waals surface area contributed by atoms with Crippen molar-refractivity contribution in [3.8, 4) is 0 Å². The summed E-state index contributed by atoms with van der Waals surface area (Å²) in [7, 11) is -3.84. The highest BCUT2D eigenvalue weighted by Crippen LogP contribution is 2.33. The van der Waals surface area contributed by atoms with Gasteiger partial charge in [0.05, 0.1) is 18.7 Å². The number of aromatic amines is 1. The van der Waals surface area contributed by atoms with Gasteiger partial charge in [0.15, 0.2) is 0 Å². The Hall–Kier alpha value is -1.42. The van der Waals surface area contributed by atoms with Gasteiger partial charge in [-0.25, -0.2) is 8.42 Å². The zero-order valence-corrected chi connectivity index (χ0v) is 13.9. The largest absolute Gasteiger partial charge is 0.379 e. The van der Waals surface area contributed by atoms with Crippen molar-refractivity contribution < 1.29 is 17.9 Å². The van der Waals surface area contributed by atoms with Crippen LogP contribution in [-0.4, -0.2) is 49.9 Å². The summed E-state index contributed by atoms with van der Waals surface area (Å²) in [5, 5.41) is 0.440. The van der Waals surface area contributed by atoms with Gasteiger partial charge in [0.25, 0.3) is 5.91 Å². The summed E-state index contributed by atoms with van der Waals surface area (Å²) in [6.45, 7) is 1.16. The van der Waals surface area contributed by atoms with Crippen molar-refractivity contribution in [2.45, 2.75) is 4.90 Å². The standard InChI is InChI=1S/C13H14BrN3O4S/c14-9-3-1-2-8-10(9)16-11(13(15)18)12(8)22(19,20)17-4-6-21-7-5-17/h1-3,16H,4-7H2,(H2,15,18). The third-order valence-electron chi connectivity index (χ3n) is 3.55. The molecule has 0 saturated carbocycles. The summed E-state index contributed by atoms with van der Waals surface area (Å²) < 4.78 is 33.0. The molecule has 2 aromatic rings. The summed E-state index contributed by atoms with van der Waals surface area (Å²) in [5.74, 6) is -0.810. The number of para-hydroxylation sites is 1. The van der Waals surface area contributed by atoms with Crippen LogP contribution < -0.4 is 5.73 Å². The molecule has 2 heterocycles. The molecule has 0 bridgehead atoms. The van der Waals surface area contributed by atoms with Crippen molar-refractivity contribution in [1.29, 1.82) is 0 Å². The number of carbonyl (C=O) groups excluding carboxylic acids is 1. The molecular weight excluding hydrogens is 374 g/mol. The van der Waals surface area contributed by atoms with Gasteiger partial charge in [-0.1, -0.05) is 12.1 Å². The molecule has 1 fully saturated rings. The molecule has 1 aliphatic rings. The first kappa shape index (κ1) is 15.5. The third-order valence-corrected chi connectivity index (χ3v) is 6.20. The third kappa shape index (κ3) is 2.43. The summed E-state index contributed by atoms with van der Waals surface area (Å²) in [6, 6.07) is 5.12. The topological polar surface area (TPSA) is 105 Å². The highest BCUT2D eigenvalue weighted by molar-refractivity contribution is 9.10. The van der Waals surface area contributed by atoms with Gasteiger partial charge in [-0.15, -0.1) is 0 Å². The van der Waals surface area contributed by atoms with Crippen LogP contribution in [0.3, 0.4) is 0 Å². The highest BCUT2D eigenvalue weighted by Gasteiger charge is 2.33. The first-order valence-electron chi connectivity index (χ1n) is 6.61. The second kappa shape index (κ2) is 5.65. The Bertz CT molecular complexity index is 840. The van der Waals surface area contributed by atoms with Crippen LogP contribution in [0.2, 0.25) is 0 Å². The Balaban J connectivity index is 2.26. The molecule has 1 aromatic carbocycles. The van der Waals surface area contributed by atoms with E-state index in [2.05, 4.69) is 20.9 Å². The van der Waals surface area contributed by atoms with Crippen LogP contribution in [0.1, 0.15) is 10.5 Å². The molecule has 1 saturated heterocycles. The molecule has 1 aromatic heterocycles. The predicted molar refractivity (Wildman–Crippen MR) is 84.1 cm³/mol. The van der Waals surface area contributed by atoms with Crippen LogP contribution in [0.5, 0.6) is 0 Å². The number of rotatable bonds is 3. The van der Waals surface area contributed by atoms with Crippen LogP contribution in [-0.2, 0) is 14.8 Å². The minimum absolute atomic E-state index is 0.0711. The average molecular weight is 388 g/mol. The van der Waals surface area contributed by atoms with Crippen molar-refractivity contribution in [2.75, 3.05) is 26.3 Å². The van der Waals surface area contributed by atoms with E-state index in [1.54, 1.807) is 18.2 Å². The minimum Gasteiger partial charge on any atom is -0.379 e. The van der Waals surface area contributed by atoms with Gasteiger partial charge >= 0.3 is 0 Å². The van der Waals surface area contributed by atoms with Gasteiger partial charge in [0.1, 0.15) is 10.6 Å². The quantitative estimate of drug-likeness (QED) is 0.820. The molecule has 1 aliphatic heterocycles. The number of amides is 1. The Morgan fingerprint density at radius 1 is 1.32 bits per heavy atom. The molecule has 3 rings (SSSR count). The molecule has 7 nitrogen and oxygen atoms in total. The Kier molecular flexibility index (Phi) is 3.98. The maximum absolute atomic E-state index is 12.9. The second-order valence-electron chi connectivity index (χ2n) is 4.87. The molecule has 0 radical (unpaired) electrons. The fourth-order valence-electron chi connectivity index (χ4n) is 2.51. The highest BCUT2D eigenvalue weighted by atomic mass is 79.9. The lowest BCUT2D eigenvalue weighted by Gasteiger charge is -2.26. The zero-order valence-electron chi connectivity index (χ0n) is 11.5. The number of hydrogen-bond acceptors (Lipinski definition) is 4. The Morgan fingerprint density at radius 2 is 2.00 bits per heavy atom. The first-order chi connectivity index (χ1) is 10.4. The number of carbonyl (C=O) groups is 1. The molecule has 3 N–H and O–H groups in total. The van der Waals surface area contributed by atoms with Crippen molar-refractivity contribution in [3.63, 3.8) is 0 Å². The molecule has 22 heavy (non-hydrogen) atoms. The number of nitrogens with two attached hydrogens (primary N) is 1. The van der Waals surface area contributed by atoms with E-state index in [0.717, 1.165) is 0 Å². The maximum atomic E-state index is 12.9. The summed E-state index contributed by atoms with van der Waals surface area (Å²) in [4.78, 5) is 14.4. The predicted octanol–water partition coefficient (Wildman–Crippen LogP) is 1.05. The monoisotopic (exact) mass is 387 g/mol. The van der Waals surface area contributed by atoms with Gasteiger partial charge in [0.2, 0.25) is 10.0 Å². The van der Waals surface area contributed by atoms with Crippen molar-refractivity contribution in [3.05, 3.63) is 28.4 Å². The Labute approximate surface area is 135 Å². The van der Waals surface area contributed by atoms with E-state index in [-0.39, 0.29) is 23.7 Å². The number of ether oxygens (including phenoxy) is 1. The molecule has 118 valence electrons. The number of primary amides is 1. The molecular formula is C13H14BrN3O4S. The van der Waals surface area contributed by atoms with Crippen LogP contribution in [0.25, 0.3) is 10.9 Å². The fourth-order valence-corrected chi connectivity index (χ4v) is 4.73. The van der Waals surface area contributed by atoms with Crippen LogP contribution in [0.4, 0.5) is 0 Å². The molecule has 9 heteroatoms. The van der Waals surface area contributed by atoms with Gasteiger partial charge in [-0.2, -0.15) is 4.31 Å². The molecule has 0 aliphatic carbocycles. The summed E-state index contributed by atoms with van der Waals surface area (Å²) in [5.41, 5.74) is 5.79. The fraction of sp³-hybridized carbons (Fsp3) is 0.308. The van der Waals surface area contributed by atoms with Gasteiger partial charge < -0.3 is 15.5 Å². The molecule has 0 atom stereocenters. The Morgan fingerprint density at radius 3 is 2.64 bits per heavy atom. The normalized spacial score (nSPS) is 17.0. The number of benzene rings is 1. The number of hydrogen-bond donors (Lipinski definition) is 2. The van der Waals surface area contributed by atoms with Crippen molar-refractivity contribution in [1.82, 2.24) is 9.29 Å². The number of halogens is 1. The number of fused-ring (bicyclic) bond motifs is 1. The number of morpholine rings is 1. The van der Waals surface area contributed by atoms with Crippen molar-refractivity contribution >= 4 is 42.8 Å². The number of nitrogens with one attached hydrogen (secondary N) is 1. The lowest BCUT2D eigenvalue weighted by molar-refractivity contribution is 0.0730. The molecule has 1 amide bonds. The van der Waals surface area contributed by atoms with E-state index in [9.17, 15) is 13.2 Å². The molecule has 0 spiro atoms. The van der Waals surface area contributed by atoms with E-state index in [1.165, 1.54) is 4.31 Å². The number of sulfonamides is 1. The first-order valence-corrected chi connectivity index (χ1v) is 8.84. The SMILES string of the molecule is NC(=O)c1[nH]c2c(Br)cccc2c1S(=O)(=O)N1CCOCC1. The summed E-state index contributed by atoms with van der Waals surface area (Å²) >= 11 is 3.34. The van der Waals surface area contributed by atoms with Crippen LogP contribution >= 0.6 is 15.9 Å². The average Bonchev–Trinajstić information content (AvgIpc) is 2.90. The van der Waals surface area contributed by atoms with Crippen LogP contribution in [0.15, 0.2) is 27.6 Å². The lowest BCUT2D eigenvalue weighted by Crippen LogP contribution is -2.41. The minimum atomic E-state index is -3.84. The zero-order chi connectivity index (χ0) is 15.9. The summed E-state index contributed by atoms with van der Waals surface area (Å²) in [6.07, 6.45) is 0. The van der Waals surface area contributed by atoms with Crippen LogP contribution in [0, 0.1) is 0 Å². The number of H-pyrrole nitrogens is 1. The van der Waals surface area contributed by atoms with E-state index in [0.29, 0.717) is 28.6 Å². The van der Waals surface area contributed by atoms with Gasteiger partial charge in [-0.3, -0.25) is 4.79 Å². The van der Waals surface area contributed by atoms with E-state index < -0.39 is 15.9 Å². The number of aromatic nitrogens is 1. The van der Waals surface area contributed by atoms with Gasteiger partial charge in [0, 0.05) is 22.9 Å². The smallest absolute Gasteiger partial charge is 0.266 e. The molecule has 0 unspecified atom stereocenters.